The zero-order chi connectivity index (χ0) is 17.3. The molecule has 1 amide bonds. The van der Waals surface area contributed by atoms with Gasteiger partial charge in [-0.3, -0.25) is 9.69 Å². The quantitative estimate of drug-likeness (QED) is 0.606. The first kappa shape index (κ1) is 17.6. The summed E-state index contributed by atoms with van der Waals surface area (Å²) in [6, 6.07) is 5.81. The number of aromatic nitrogens is 2. The zero-order valence-corrected chi connectivity index (χ0v) is 15.0. The lowest BCUT2D eigenvalue weighted by molar-refractivity contribution is -0.116. The van der Waals surface area contributed by atoms with Crippen molar-refractivity contribution < 1.29 is 4.79 Å². The van der Waals surface area contributed by atoms with E-state index >= 15 is 0 Å². The summed E-state index contributed by atoms with van der Waals surface area (Å²) in [5.74, 6) is 0.784. The van der Waals surface area contributed by atoms with Crippen molar-refractivity contribution in [2.24, 2.45) is 0 Å². The number of carbonyl (C=O) groups is 1. The molecular weight excluding hydrogens is 334 g/mol. The summed E-state index contributed by atoms with van der Waals surface area (Å²) >= 11 is 1.62. The van der Waals surface area contributed by atoms with E-state index in [4.69, 9.17) is 0 Å². The van der Waals surface area contributed by atoms with Gasteiger partial charge >= 0.3 is 0 Å². The summed E-state index contributed by atoms with van der Waals surface area (Å²) in [7, 11) is 0. The van der Waals surface area contributed by atoms with Gasteiger partial charge in [0.05, 0.1) is 0 Å². The minimum atomic E-state index is -0.0283. The average Bonchev–Trinajstić information content (AvgIpc) is 3.18. The lowest BCUT2D eigenvalue weighted by Crippen LogP contribution is -2.47. The normalized spacial score (nSPS) is 15.6. The van der Waals surface area contributed by atoms with Crippen LogP contribution in [0.5, 0.6) is 0 Å². The van der Waals surface area contributed by atoms with Gasteiger partial charge in [0.15, 0.2) is 0 Å². The fraction of sp³-hybridized carbons (Fsp3) is 0.389. The molecule has 1 N–H and O–H groups in total. The summed E-state index contributed by atoms with van der Waals surface area (Å²) in [5, 5.41) is 4.94. The molecule has 0 unspecified atom stereocenters. The maximum atomic E-state index is 11.8. The van der Waals surface area contributed by atoms with Crippen molar-refractivity contribution >= 4 is 29.3 Å². The number of hydrogen-bond acceptors (Lipinski definition) is 6. The molecule has 2 aromatic rings. The number of thiophene rings is 1. The van der Waals surface area contributed by atoms with Crippen molar-refractivity contribution in [1.29, 1.82) is 0 Å². The van der Waals surface area contributed by atoms with Gasteiger partial charge in [-0.2, -0.15) is 0 Å². The van der Waals surface area contributed by atoms with E-state index in [9.17, 15) is 4.79 Å². The third-order valence-corrected chi connectivity index (χ3v) is 4.94. The molecule has 0 radical (unpaired) electrons. The summed E-state index contributed by atoms with van der Waals surface area (Å²) in [6.07, 6.45) is 7.98. The predicted molar refractivity (Wildman–Crippen MR) is 102 cm³/mol. The number of nitrogens with one attached hydrogen (secondary N) is 1. The molecule has 1 fully saturated rings. The molecule has 1 aliphatic heterocycles. The highest BCUT2D eigenvalue weighted by molar-refractivity contribution is 7.10. The monoisotopic (exact) mass is 357 g/mol. The van der Waals surface area contributed by atoms with Gasteiger partial charge in [0, 0.05) is 56.1 Å². The fourth-order valence-corrected chi connectivity index (χ4v) is 3.36. The Kier molecular flexibility index (Phi) is 6.53. The van der Waals surface area contributed by atoms with Gasteiger partial charge in [-0.25, -0.2) is 9.97 Å². The number of rotatable bonds is 7. The van der Waals surface area contributed by atoms with Gasteiger partial charge in [0.2, 0.25) is 11.9 Å². The standard InChI is InChI=1S/C18H23N5OS/c24-17(6-5-16-4-1-15-25-16)19-9-3-10-22-11-13-23(14-12-22)18-20-7-2-8-21-18/h1-2,4-8,15H,3,9-14H2,(H,19,24)/b6-5+. The molecule has 1 saturated heterocycles. The Bertz CT molecular complexity index is 666. The summed E-state index contributed by atoms with van der Waals surface area (Å²) in [6.45, 7) is 5.60. The highest BCUT2D eigenvalue weighted by Crippen LogP contribution is 2.10. The van der Waals surface area contributed by atoms with Crippen LogP contribution in [-0.4, -0.2) is 60.0 Å². The van der Waals surface area contributed by atoms with Crippen LogP contribution in [0.3, 0.4) is 0 Å². The fourth-order valence-electron chi connectivity index (χ4n) is 2.74. The third kappa shape index (κ3) is 5.65. The van der Waals surface area contributed by atoms with E-state index in [0.717, 1.165) is 50.0 Å². The van der Waals surface area contributed by atoms with Crippen LogP contribution in [0.1, 0.15) is 11.3 Å². The predicted octanol–water partition coefficient (Wildman–Crippen LogP) is 1.88. The number of amides is 1. The molecule has 0 aromatic carbocycles. The van der Waals surface area contributed by atoms with Gasteiger partial charge in [0.1, 0.15) is 0 Å². The summed E-state index contributed by atoms with van der Waals surface area (Å²) < 4.78 is 0. The number of nitrogens with zero attached hydrogens (tertiary/aromatic N) is 4. The van der Waals surface area contributed by atoms with Crippen LogP contribution in [-0.2, 0) is 4.79 Å². The van der Waals surface area contributed by atoms with Gasteiger partial charge in [-0.1, -0.05) is 6.07 Å². The second kappa shape index (κ2) is 9.29. The Morgan fingerprint density at radius 2 is 2.00 bits per heavy atom. The first-order chi connectivity index (χ1) is 12.3. The molecule has 2 aromatic heterocycles. The van der Waals surface area contributed by atoms with E-state index in [1.165, 1.54) is 0 Å². The van der Waals surface area contributed by atoms with Crippen LogP contribution >= 0.6 is 11.3 Å². The second-order valence-corrected chi connectivity index (χ2v) is 6.85. The summed E-state index contributed by atoms with van der Waals surface area (Å²) in [5.41, 5.74) is 0. The Morgan fingerprint density at radius 3 is 2.72 bits per heavy atom. The minimum absolute atomic E-state index is 0.0283. The average molecular weight is 357 g/mol. The SMILES string of the molecule is O=C(/C=C/c1cccs1)NCCCN1CCN(c2ncccn2)CC1. The van der Waals surface area contributed by atoms with Crippen molar-refractivity contribution in [3.8, 4) is 0 Å². The number of carbonyl (C=O) groups excluding carboxylic acids is 1. The minimum Gasteiger partial charge on any atom is -0.353 e. The van der Waals surface area contributed by atoms with Gasteiger partial charge < -0.3 is 10.2 Å². The number of anilines is 1. The largest absolute Gasteiger partial charge is 0.353 e. The van der Waals surface area contributed by atoms with Crippen molar-refractivity contribution in [3.63, 3.8) is 0 Å². The van der Waals surface area contributed by atoms with E-state index in [1.807, 2.05) is 29.7 Å². The van der Waals surface area contributed by atoms with Crippen molar-refractivity contribution in [2.75, 3.05) is 44.2 Å². The van der Waals surface area contributed by atoms with Crippen molar-refractivity contribution in [1.82, 2.24) is 20.2 Å². The maximum absolute atomic E-state index is 11.8. The van der Waals surface area contributed by atoms with E-state index in [-0.39, 0.29) is 5.91 Å². The topological polar surface area (TPSA) is 61.4 Å². The first-order valence-corrected chi connectivity index (χ1v) is 9.43. The van der Waals surface area contributed by atoms with Crippen molar-refractivity contribution in [2.45, 2.75) is 6.42 Å². The number of piperazine rings is 1. The van der Waals surface area contributed by atoms with Crippen LogP contribution in [0.25, 0.3) is 6.08 Å². The molecule has 0 saturated carbocycles. The highest BCUT2D eigenvalue weighted by atomic mass is 32.1. The molecule has 6 nitrogen and oxygen atoms in total. The van der Waals surface area contributed by atoms with Crippen LogP contribution in [0, 0.1) is 0 Å². The van der Waals surface area contributed by atoms with Crippen LogP contribution in [0.4, 0.5) is 5.95 Å². The molecule has 3 heterocycles. The number of hydrogen-bond donors (Lipinski definition) is 1. The van der Waals surface area contributed by atoms with Gasteiger partial charge in [-0.15, -0.1) is 11.3 Å². The molecule has 132 valence electrons. The van der Waals surface area contributed by atoms with Crippen LogP contribution < -0.4 is 10.2 Å². The molecule has 7 heteroatoms. The molecule has 3 rings (SSSR count). The molecule has 0 bridgehead atoms. The second-order valence-electron chi connectivity index (χ2n) is 5.87. The Hall–Kier alpha value is -2.25. The van der Waals surface area contributed by atoms with Crippen LogP contribution in [0.15, 0.2) is 42.0 Å². The molecular formula is C18H23N5OS. The van der Waals surface area contributed by atoms with E-state index in [0.29, 0.717) is 6.54 Å². The van der Waals surface area contributed by atoms with Crippen molar-refractivity contribution in [3.05, 3.63) is 46.9 Å². The van der Waals surface area contributed by atoms with Crippen LogP contribution in [0.2, 0.25) is 0 Å². The van der Waals surface area contributed by atoms with E-state index in [1.54, 1.807) is 29.8 Å². The van der Waals surface area contributed by atoms with Gasteiger partial charge in [-0.05, 0) is 36.6 Å². The Balaban J connectivity index is 1.29. The van der Waals surface area contributed by atoms with Gasteiger partial charge in [0.25, 0.3) is 0 Å². The molecule has 1 aliphatic rings. The highest BCUT2D eigenvalue weighted by Gasteiger charge is 2.18. The maximum Gasteiger partial charge on any atom is 0.244 e. The molecule has 25 heavy (non-hydrogen) atoms. The van der Waals surface area contributed by atoms with E-state index < -0.39 is 0 Å². The molecule has 0 aliphatic carbocycles. The molecule has 0 spiro atoms. The lowest BCUT2D eigenvalue weighted by Gasteiger charge is -2.34. The first-order valence-electron chi connectivity index (χ1n) is 8.55. The third-order valence-electron chi connectivity index (χ3n) is 4.10. The zero-order valence-electron chi connectivity index (χ0n) is 14.2. The smallest absolute Gasteiger partial charge is 0.244 e. The lowest BCUT2D eigenvalue weighted by atomic mass is 10.3. The van der Waals surface area contributed by atoms with E-state index in [2.05, 4.69) is 25.1 Å². The Labute approximate surface area is 152 Å². The summed E-state index contributed by atoms with van der Waals surface area (Å²) in [4.78, 5) is 26.1. The molecule has 0 atom stereocenters. The Morgan fingerprint density at radius 1 is 1.20 bits per heavy atom.